The highest BCUT2D eigenvalue weighted by molar-refractivity contribution is 5.93. The molecule has 0 saturated carbocycles. The molecule has 3 aliphatic heterocycles. The van der Waals surface area contributed by atoms with E-state index in [0.717, 1.165) is 17.1 Å². The lowest BCUT2D eigenvalue weighted by Crippen LogP contribution is -2.62. The number of aliphatic hydroxyl groups excluding tert-OH is 3. The van der Waals surface area contributed by atoms with Gasteiger partial charge in [-0.05, 0) is 125 Å². The average molecular weight is 1110 g/mol. The van der Waals surface area contributed by atoms with Crippen LogP contribution in [-0.4, -0.2) is 121 Å². The maximum absolute atomic E-state index is 14.6. The van der Waals surface area contributed by atoms with Gasteiger partial charge in [0.15, 0.2) is 23.1 Å². The summed E-state index contributed by atoms with van der Waals surface area (Å²) in [7, 11) is 0. The van der Waals surface area contributed by atoms with Crippen LogP contribution in [0.25, 0.3) is 0 Å². The van der Waals surface area contributed by atoms with Crippen LogP contribution in [0.1, 0.15) is 145 Å². The Morgan fingerprint density at radius 3 is 2.33 bits per heavy atom. The third-order valence-corrected chi connectivity index (χ3v) is 15.9. The van der Waals surface area contributed by atoms with Crippen molar-refractivity contribution in [2.75, 3.05) is 6.54 Å². The van der Waals surface area contributed by atoms with E-state index >= 15 is 0 Å². The lowest BCUT2D eigenvalue weighted by molar-refractivity contribution is -0.156. The van der Waals surface area contributed by atoms with Crippen molar-refractivity contribution in [3.63, 3.8) is 0 Å². The monoisotopic (exact) mass is 1110 g/mol. The molecule has 3 heterocycles. The summed E-state index contributed by atoms with van der Waals surface area (Å²) in [6.07, 6.45) is 13.8. The number of halogens is 2. The SMILES string of the molecule is CCC1C[C@H](C)[C@@](O)(/C(C)=C\C(C)CCC(O)C(C)CC/C=C/C=C(\C)[C@@H]2C/C=C/C=C/[C@H](O)C(C)C(O)C(CCC(C)=O)C(=O)NC(C(C)C)C(=O)NC(Cc3cc(O)c(F)c(F)c3)C(=O)N3CCCC(N3)C(=O)O2)NC1=O. The lowest BCUT2D eigenvalue weighted by atomic mass is 9.77. The Labute approximate surface area is 465 Å². The maximum Gasteiger partial charge on any atom is 0.325 e. The fourth-order valence-electron chi connectivity index (χ4n) is 10.4. The Kier molecular flexibility index (Phi) is 25.7. The minimum Gasteiger partial charge on any atom is -0.505 e. The number of phenols is 1. The fraction of sp³-hybridized carbons (Fsp3) is 0.633. The zero-order chi connectivity index (χ0) is 58.9. The van der Waals surface area contributed by atoms with E-state index in [1.807, 2.05) is 58.9 Å². The topological polar surface area (TPSA) is 264 Å². The summed E-state index contributed by atoms with van der Waals surface area (Å²) in [5.41, 5.74) is 2.84. The number of ketones is 1. The molecule has 3 aliphatic rings. The minimum atomic E-state index is -1.52. The highest BCUT2D eigenvalue weighted by atomic mass is 19.2. The molecule has 2 bridgehead atoms. The molecule has 19 heteroatoms. The van der Waals surface area contributed by atoms with Crippen molar-refractivity contribution in [2.24, 2.45) is 41.4 Å². The van der Waals surface area contributed by atoms with Gasteiger partial charge in [0, 0.05) is 43.6 Å². The van der Waals surface area contributed by atoms with Crippen molar-refractivity contribution < 1.29 is 67.8 Å². The molecule has 4 rings (SSSR count). The zero-order valence-corrected chi connectivity index (χ0v) is 47.8. The number of amides is 4. The first kappa shape index (κ1) is 65.9. The van der Waals surface area contributed by atoms with E-state index in [2.05, 4.69) is 21.4 Å². The lowest BCUT2D eigenvalue weighted by Gasteiger charge is -2.42. The number of fused-ring (bicyclic) bond motifs is 2. The largest absolute Gasteiger partial charge is 0.505 e. The van der Waals surface area contributed by atoms with Gasteiger partial charge in [-0.1, -0.05) is 97.1 Å². The average Bonchev–Trinajstić information content (AvgIpc) is 3.41. The molecule has 9 N–H and O–H groups in total. The number of phenolic OH excluding ortho intramolecular Hbond substituents is 1. The van der Waals surface area contributed by atoms with Crippen LogP contribution in [0.15, 0.2) is 71.9 Å². The van der Waals surface area contributed by atoms with E-state index in [1.54, 1.807) is 39.0 Å². The molecule has 0 spiro atoms. The normalized spacial score (nSPS) is 30.5. The van der Waals surface area contributed by atoms with Crippen molar-refractivity contribution in [1.82, 2.24) is 26.4 Å². The van der Waals surface area contributed by atoms with E-state index in [-0.39, 0.29) is 73.2 Å². The molecule has 0 aromatic heterocycles. The number of carbonyl (C=O) groups is 6. The second-order valence-electron chi connectivity index (χ2n) is 22.7. The summed E-state index contributed by atoms with van der Waals surface area (Å²) in [4.78, 5) is 81.5. The van der Waals surface area contributed by atoms with Gasteiger partial charge >= 0.3 is 5.97 Å². The van der Waals surface area contributed by atoms with Crippen LogP contribution >= 0.6 is 0 Å². The number of Topliss-reactive ketones (excluding diaryl/α,β-unsaturated/α-hetero) is 1. The summed E-state index contributed by atoms with van der Waals surface area (Å²) in [5.74, 6) is -10.5. The molecule has 2 fully saturated rings. The summed E-state index contributed by atoms with van der Waals surface area (Å²) in [6, 6.07) is -2.19. The third-order valence-electron chi connectivity index (χ3n) is 15.9. The third kappa shape index (κ3) is 19.0. The molecular weight excluding hydrogens is 1020 g/mol. The van der Waals surface area contributed by atoms with Crippen molar-refractivity contribution >= 4 is 35.4 Å². The van der Waals surface area contributed by atoms with Crippen LogP contribution in [0.5, 0.6) is 5.75 Å². The number of aromatic hydroxyl groups is 1. The number of hydrogen-bond acceptors (Lipinski definition) is 13. The van der Waals surface area contributed by atoms with Crippen molar-refractivity contribution in [3.05, 3.63) is 89.1 Å². The number of carbonyl (C=O) groups excluding carboxylic acids is 6. The number of nitrogens with one attached hydrogen (secondary N) is 4. The Morgan fingerprint density at radius 1 is 0.962 bits per heavy atom. The second kappa shape index (κ2) is 30.8. The smallest absolute Gasteiger partial charge is 0.325 e. The molecule has 10 unspecified atom stereocenters. The molecule has 2 saturated heterocycles. The van der Waals surface area contributed by atoms with Crippen LogP contribution in [0, 0.1) is 53.1 Å². The van der Waals surface area contributed by atoms with Crippen molar-refractivity contribution in [1.29, 1.82) is 0 Å². The molecule has 0 aliphatic carbocycles. The molecule has 14 atom stereocenters. The Morgan fingerprint density at radius 2 is 1.67 bits per heavy atom. The molecular formula is C60H89F2N5O12. The standard InChI is InChI=1S/C60H89F2N5O12/c1-11-43-30-39(8)60(78,65-55(43)73)38(7)29-35(4)24-27-48(69)36(5)19-14-12-15-20-37(6)51-23-17-13-16-22-49(70)41(10)54(72)44(26-25-40(9)68)56(74)64-53(34(2)3)57(75)63-47(32-42-31-45(61)52(62)50(71)33-42)58(76)67-28-18-21-46(66-67)59(77)79-51/h12-13,15-17,20,22,29,31,33-36,39,41,43-44,46-49,51,53-54,66,69-72,78H,11,14,18-19,21,23-28,30,32H2,1-10H3,(H,63,75)(H,64,74)(H,65,73)/b15-12+,17-13+,22-16+,37-20+,38-29-/t35?,36?,39-,41?,43?,44?,46?,47?,48?,49-,51-,53?,54?,60-/m0/s1. The number of hydrazine groups is 1. The summed E-state index contributed by atoms with van der Waals surface area (Å²) in [5, 5.41) is 64.8. The number of nitrogens with zero attached hydrogens (tertiary/aromatic N) is 1. The van der Waals surface area contributed by atoms with Gasteiger partial charge in [-0.15, -0.1) is 0 Å². The van der Waals surface area contributed by atoms with E-state index in [1.165, 1.54) is 19.9 Å². The fourth-order valence-corrected chi connectivity index (χ4v) is 10.4. The van der Waals surface area contributed by atoms with Gasteiger partial charge in [0.2, 0.25) is 17.7 Å². The van der Waals surface area contributed by atoms with Gasteiger partial charge in [0.1, 0.15) is 30.0 Å². The van der Waals surface area contributed by atoms with Gasteiger partial charge in [-0.25, -0.2) is 9.82 Å². The van der Waals surface area contributed by atoms with Crippen LogP contribution in [0.2, 0.25) is 0 Å². The maximum atomic E-state index is 14.6. The predicted octanol–water partition coefficient (Wildman–Crippen LogP) is 6.62. The van der Waals surface area contributed by atoms with Gasteiger partial charge in [0.25, 0.3) is 5.91 Å². The molecule has 0 radical (unpaired) electrons. The van der Waals surface area contributed by atoms with Crippen LogP contribution in [-0.2, 0) is 39.9 Å². The highest BCUT2D eigenvalue weighted by Crippen LogP contribution is 2.35. The van der Waals surface area contributed by atoms with Gasteiger partial charge in [-0.3, -0.25) is 29.0 Å². The number of aliphatic hydroxyl groups is 4. The number of rotatable bonds is 18. The Balaban J connectivity index is 1.56. The van der Waals surface area contributed by atoms with Crippen LogP contribution in [0.3, 0.4) is 0 Å². The van der Waals surface area contributed by atoms with Gasteiger partial charge < -0.3 is 51.0 Å². The Bertz CT molecular complexity index is 2400. The van der Waals surface area contributed by atoms with Crippen LogP contribution in [0.4, 0.5) is 8.78 Å². The van der Waals surface area contributed by atoms with Crippen molar-refractivity contribution in [3.8, 4) is 5.75 Å². The number of piperidine rings is 1. The Hall–Kier alpha value is -5.60. The molecule has 1 aromatic rings. The number of benzene rings is 1. The second-order valence-corrected chi connectivity index (χ2v) is 22.7. The first-order valence-electron chi connectivity index (χ1n) is 28.2. The number of allylic oxidation sites excluding steroid dienone is 6. The summed E-state index contributed by atoms with van der Waals surface area (Å²) >= 11 is 0. The quantitative estimate of drug-likeness (QED) is 0.0426. The summed E-state index contributed by atoms with van der Waals surface area (Å²) in [6.45, 7) is 17.8. The molecule has 440 valence electrons. The predicted molar refractivity (Wildman–Crippen MR) is 296 cm³/mol. The highest BCUT2D eigenvalue weighted by Gasteiger charge is 2.44. The first-order chi connectivity index (χ1) is 37.2. The van der Waals surface area contributed by atoms with E-state index in [4.69, 9.17) is 4.74 Å². The number of hydrogen-bond donors (Lipinski definition) is 9. The molecule has 79 heavy (non-hydrogen) atoms. The number of cyclic esters (lactones) is 1. The summed E-state index contributed by atoms with van der Waals surface area (Å²) < 4.78 is 34.9. The van der Waals surface area contributed by atoms with Crippen molar-refractivity contribution in [2.45, 2.75) is 195 Å². The van der Waals surface area contributed by atoms with Crippen LogP contribution < -0.4 is 21.4 Å². The molecule has 1 aromatic carbocycles. The first-order valence-corrected chi connectivity index (χ1v) is 28.2. The molecule has 17 nitrogen and oxygen atoms in total. The van der Waals surface area contributed by atoms with E-state index in [9.17, 15) is 63.1 Å². The number of esters is 1. The van der Waals surface area contributed by atoms with E-state index in [0.29, 0.717) is 56.1 Å². The van der Waals surface area contributed by atoms with E-state index < -0.39 is 114 Å². The molecule has 4 amide bonds. The minimum absolute atomic E-state index is 0.0295. The van der Waals surface area contributed by atoms with Gasteiger partial charge in [-0.2, -0.15) is 4.39 Å². The number of ether oxygens (including phenoxy) is 1. The van der Waals surface area contributed by atoms with Gasteiger partial charge in [0.05, 0.1) is 24.2 Å². The zero-order valence-electron chi connectivity index (χ0n) is 47.8.